The summed E-state index contributed by atoms with van der Waals surface area (Å²) in [6.07, 6.45) is -13.8. The average molecular weight is 957 g/mol. The van der Waals surface area contributed by atoms with Crippen molar-refractivity contribution in [2.24, 2.45) is 57.4 Å². The Morgan fingerprint density at radius 2 is 1.60 bits per heavy atom. The van der Waals surface area contributed by atoms with E-state index in [1.807, 2.05) is 19.9 Å². The van der Waals surface area contributed by atoms with E-state index in [2.05, 4.69) is 0 Å². The molecule has 17 N–H and O–H groups in total. The number of rotatable bonds is 17. The van der Waals surface area contributed by atoms with Gasteiger partial charge in [-0.3, -0.25) is 14.4 Å². The molecule has 6 fully saturated rings. The molecule has 23 atom stereocenters. The normalized spacial score (nSPS) is 48.0. The molecular formula is C45H72N4O18. The predicted octanol–water partition coefficient (Wildman–Crippen LogP) is -4.76. The molecule has 4 saturated carbocycles. The van der Waals surface area contributed by atoms with E-state index < -0.39 is 152 Å². The van der Waals surface area contributed by atoms with Gasteiger partial charge in [-0.15, -0.1) is 0 Å². The molecule has 0 bridgehead atoms. The minimum atomic E-state index is -1.82. The monoisotopic (exact) mass is 956 g/mol. The molecule has 380 valence electrons. The zero-order valence-electron chi connectivity index (χ0n) is 38.0. The zero-order chi connectivity index (χ0) is 48.9. The van der Waals surface area contributed by atoms with Gasteiger partial charge in [0.25, 0.3) is 0 Å². The lowest BCUT2D eigenvalue weighted by Gasteiger charge is -2.59. The van der Waals surface area contributed by atoms with Crippen molar-refractivity contribution >= 4 is 17.3 Å². The molecule has 7 rings (SSSR count). The summed E-state index contributed by atoms with van der Waals surface area (Å²) in [5.74, 6) is -2.50. The Morgan fingerprint density at radius 3 is 2.28 bits per heavy atom. The number of Topliss-reactive ketones (excluding diaryl/α,β-unsaturated/α-hetero) is 2. The molecule has 0 radical (unpaired) electrons. The summed E-state index contributed by atoms with van der Waals surface area (Å²) in [7, 11) is 0. The number of ketones is 3. The molecule has 1 unspecified atom stereocenters. The topological polar surface area (TPSA) is 393 Å². The second-order valence-corrected chi connectivity index (χ2v) is 20.3. The van der Waals surface area contributed by atoms with Gasteiger partial charge in [0.1, 0.15) is 80.0 Å². The molecule has 0 spiro atoms. The van der Waals surface area contributed by atoms with Crippen LogP contribution >= 0.6 is 0 Å². The van der Waals surface area contributed by atoms with E-state index >= 15 is 0 Å². The molecule has 2 aliphatic heterocycles. The smallest absolute Gasteiger partial charge is 0.190 e. The second-order valence-electron chi connectivity index (χ2n) is 20.3. The fraction of sp³-hybridized carbons (Fsp3) is 0.844. The van der Waals surface area contributed by atoms with Gasteiger partial charge in [-0.05, 0) is 81.4 Å². The van der Waals surface area contributed by atoms with E-state index in [-0.39, 0.29) is 68.7 Å². The first-order valence-electron chi connectivity index (χ1n) is 23.5. The number of hydrogen-bond acceptors (Lipinski definition) is 22. The molecule has 5 aliphatic carbocycles. The van der Waals surface area contributed by atoms with Crippen LogP contribution in [0.5, 0.6) is 0 Å². The lowest BCUT2D eigenvalue weighted by molar-refractivity contribution is -0.338. The summed E-state index contributed by atoms with van der Waals surface area (Å²) in [6.45, 7) is 1.77. The minimum absolute atomic E-state index is 0.000747. The van der Waals surface area contributed by atoms with Crippen molar-refractivity contribution in [2.75, 3.05) is 33.1 Å². The number of carbonyl (C=O) groups is 3. The second kappa shape index (κ2) is 20.8. The minimum Gasteiger partial charge on any atom is -0.394 e. The van der Waals surface area contributed by atoms with Crippen molar-refractivity contribution in [3.63, 3.8) is 0 Å². The van der Waals surface area contributed by atoms with Gasteiger partial charge in [-0.1, -0.05) is 25.5 Å². The zero-order valence-corrected chi connectivity index (χ0v) is 38.0. The van der Waals surface area contributed by atoms with E-state index in [1.54, 1.807) is 12.2 Å². The molecule has 0 aromatic heterocycles. The number of ether oxygens (including phenoxy) is 6. The predicted molar refractivity (Wildman–Crippen MR) is 230 cm³/mol. The van der Waals surface area contributed by atoms with Crippen molar-refractivity contribution < 1.29 is 88.8 Å². The Balaban J connectivity index is 0.984. The van der Waals surface area contributed by atoms with Crippen LogP contribution in [0.25, 0.3) is 0 Å². The maximum atomic E-state index is 13.9. The van der Waals surface area contributed by atoms with Gasteiger partial charge in [-0.25, -0.2) is 0 Å². The lowest BCUT2D eigenvalue weighted by Crippen LogP contribution is -2.67. The van der Waals surface area contributed by atoms with E-state index in [1.165, 1.54) is 0 Å². The SMILES string of the molecule is C[C@]12C=CC(=O)C=C1CC[C@@H]1[C@@H]2[C@@H](O)C[C@@]2(C)[C@H]1CC[C@]2(O)C(=O)COCO[C@H]1[C@H](N)[C@@H](O)[C@@H](OC2[C@H](CC(=O)[C@@H](O)CCN)C[C@H](N)[C@@H](O[C@H]3O[C@H](CN)[C@@H](O)[C@H](O)[C@H]3O)[C@@H]2O)O[C@@H]1CO. The summed E-state index contributed by atoms with van der Waals surface area (Å²) >= 11 is 0. The maximum Gasteiger partial charge on any atom is 0.190 e. The Morgan fingerprint density at radius 1 is 0.910 bits per heavy atom. The number of aliphatic hydroxyl groups is 9. The Labute approximate surface area is 388 Å². The molecular weight excluding hydrogens is 885 g/mol. The van der Waals surface area contributed by atoms with E-state index in [9.17, 15) is 60.3 Å². The first kappa shape index (κ1) is 52.6. The van der Waals surface area contributed by atoms with Crippen LogP contribution in [-0.2, 0) is 42.8 Å². The molecule has 0 aromatic carbocycles. The van der Waals surface area contributed by atoms with Gasteiger partial charge in [0.2, 0.25) is 0 Å². The number of nitrogens with two attached hydrogens (primary N) is 4. The van der Waals surface area contributed by atoms with E-state index in [0.717, 1.165) is 5.57 Å². The summed E-state index contributed by atoms with van der Waals surface area (Å²) in [6, 6.07) is -2.40. The van der Waals surface area contributed by atoms with Crippen molar-refractivity contribution in [1.29, 1.82) is 0 Å². The van der Waals surface area contributed by atoms with Crippen LogP contribution in [0.4, 0.5) is 0 Å². The number of hydrogen-bond donors (Lipinski definition) is 13. The highest BCUT2D eigenvalue weighted by Crippen LogP contribution is 2.67. The van der Waals surface area contributed by atoms with Crippen molar-refractivity contribution in [3.8, 4) is 0 Å². The third kappa shape index (κ3) is 9.64. The molecule has 67 heavy (non-hydrogen) atoms. The van der Waals surface area contributed by atoms with Crippen LogP contribution in [0.1, 0.15) is 65.2 Å². The van der Waals surface area contributed by atoms with Crippen LogP contribution < -0.4 is 22.9 Å². The van der Waals surface area contributed by atoms with Crippen molar-refractivity contribution in [2.45, 2.75) is 169 Å². The third-order valence-corrected chi connectivity index (χ3v) is 16.5. The number of carbonyl (C=O) groups excluding carboxylic acids is 3. The number of fused-ring (bicyclic) bond motifs is 5. The Kier molecular flexibility index (Phi) is 16.3. The summed E-state index contributed by atoms with van der Waals surface area (Å²) < 4.78 is 35.1. The molecule has 0 amide bonds. The highest BCUT2D eigenvalue weighted by atomic mass is 16.7. The van der Waals surface area contributed by atoms with Crippen LogP contribution in [0.2, 0.25) is 0 Å². The van der Waals surface area contributed by atoms with Gasteiger partial charge < -0.3 is 97.3 Å². The fourth-order valence-corrected chi connectivity index (χ4v) is 12.8. The highest BCUT2D eigenvalue weighted by Gasteiger charge is 2.68. The standard InChI is InChI=1S/C45H72N4O18/c1-43-8-5-21(51)13-20(43)3-4-22-23-6-9-45(61,44(23,2)14-27(54)31(22)43)30(55)17-62-18-63-40-29(16-50)65-41(34(57)32(40)49)66-38-19(12-26(53)25(52)7-10-46)11-24(48)39(37(38)60)67-42-36(59)35(58)33(56)28(15-47)64-42/h5,8,13,19,22-25,27-29,31-42,50,52,54,56-61H,3-4,6-7,9-12,14-18,46-49H2,1-2H3/t19-,22-,23-,24-,25-,27-,28+,29+,31+,32+,33+,34+,35-,36+,37+,38?,39+,40+,41+,42+,43-,44-,45-/m0/s1. The van der Waals surface area contributed by atoms with Crippen LogP contribution in [0.3, 0.4) is 0 Å². The van der Waals surface area contributed by atoms with Gasteiger partial charge in [0, 0.05) is 35.8 Å². The first-order chi connectivity index (χ1) is 31.6. The number of aliphatic hydroxyl groups excluding tert-OH is 8. The molecule has 7 aliphatic rings. The Bertz CT molecular complexity index is 1840. The van der Waals surface area contributed by atoms with Crippen LogP contribution in [-0.4, -0.2) is 200 Å². The molecule has 0 aromatic rings. The van der Waals surface area contributed by atoms with Gasteiger partial charge >= 0.3 is 0 Å². The highest BCUT2D eigenvalue weighted by molar-refractivity contribution is 6.01. The van der Waals surface area contributed by atoms with E-state index in [4.69, 9.17) is 51.4 Å². The quantitative estimate of drug-likeness (QED) is 0.0481. The average Bonchev–Trinajstić information content (AvgIpc) is 3.56. The largest absolute Gasteiger partial charge is 0.394 e. The summed E-state index contributed by atoms with van der Waals surface area (Å²) in [5.41, 5.74) is 21.8. The molecule has 2 heterocycles. The first-order valence-corrected chi connectivity index (χ1v) is 23.5. The van der Waals surface area contributed by atoms with Crippen LogP contribution in [0, 0.1) is 34.5 Å². The van der Waals surface area contributed by atoms with Gasteiger partial charge in [0.05, 0.1) is 24.9 Å². The molecule has 22 nitrogen and oxygen atoms in total. The summed E-state index contributed by atoms with van der Waals surface area (Å²) in [4.78, 5) is 39.2. The van der Waals surface area contributed by atoms with Crippen molar-refractivity contribution in [3.05, 3.63) is 23.8 Å². The molecule has 2 saturated heterocycles. The lowest BCUT2D eigenvalue weighted by atomic mass is 9.46. The van der Waals surface area contributed by atoms with E-state index in [0.29, 0.717) is 19.3 Å². The molecule has 22 heteroatoms. The summed E-state index contributed by atoms with van der Waals surface area (Å²) in [5, 5.41) is 99.4. The van der Waals surface area contributed by atoms with Crippen molar-refractivity contribution in [1.82, 2.24) is 0 Å². The van der Waals surface area contributed by atoms with Gasteiger partial charge in [0.15, 0.2) is 29.9 Å². The maximum absolute atomic E-state index is 13.9. The number of allylic oxidation sites excluding steroid dienone is 4. The van der Waals surface area contributed by atoms with Crippen LogP contribution in [0.15, 0.2) is 23.8 Å². The fourth-order valence-electron chi connectivity index (χ4n) is 12.8. The third-order valence-electron chi connectivity index (χ3n) is 16.5. The van der Waals surface area contributed by atoms with Gasteiger partial charge in [-0.2, -0.15) is 0 Å². The Hall–Kier alpha value is -2.27.